The molecule has 0 amide bonds. The Balaban J connectivity index is 1.38. The van der Waals surface area contributed by atoms with Crippen molar-refractivity contribution in [3.63, 3.8) is 0 Å². The Hall–Kier alpha value is -3.67. The maximum absolute atomic E-state index is 13.7. The highest BCUT2D eigenvalue weighted by Crippen LogP contribution is 2.46. The molecule has 0 N–H and O–H groups in total. The number of rotatable bonds is 10. The van der Waals surface area contributed by atoms with Crippen LogP contribution in [-0.2, 0) is 28.6 Å². The zero-order valence-corrected chi connectivity index (χ0v) is 25.5. The molecule has 6 nitrogen and oxygen atoms in total. The lowest BCUT2D eigenvalue weighted by Crippen LogP contribution is -2.41. The summed E-state index contributed by atoms with van der Waals surface area (Å²) in [6, 6.07) is 18.8. The van der Waals surface area contributed by atoms with E-state index >= 15 is 0 Å². The SMILES string of the molecule is CC(COC(=O)/C=C/c1ccccc1)(COC(=O)/C=C/c1ccccc1)C(=O)OC1CCCCCCC2CC2CCCC1. The maximum Gasteiger partial charge on any atom is 0.330 e. The lowest BCUT2D eigenvalue weighted by Gasteiger charge is -2.29. The first-order valence-electron chi connectivity index (χ1n) is 15.9. The second-order valence-corrected chi connectivity index (χ2v) is 12.3. The Kier molecular flexibility index (Phi) is 12.6. The quantitative estimate of drug-likeness (QED) is 0.160. The van der Waals surface area contributed by atoms with Crippen LogP contribution in [0, 0.1) is 17.3 Å². The van der Waals surface area contributed by atoms with Gasteiger partial charge in [-0.05, 0) is 74.1 Å². The minimum atomic E-state index is -1.35. The molecule has 0 saturated heterocycles. The number of hydrogen-bond acceptors (Lipinski definition) is 6. The van der Waals surface area contributed by atoms with Crippen LogP contribution in [0.4, 0.5) is 0 Å². The number of hydrogen-bond donors (Lipinski definition) is 0. The third-order valence-corrected chi connectivity index (χ3v) is 8.53. The molecular formula is C37H46O6. The molecule has 0 bridgehead atoms. The number of esters is 3. The van der Waals surface area contributed by atoms with Crippen LogP contribution in [0.1, 0.15) is 88.7 Å². The molecule has 4 rings (SSSR count). The molecule has 0 heterocycles. The minimum Gasteiger partial charge on any atom is -0.462 e. The average molecular weight is 587 g/mol. The highest BCUT2D eigenvalue weighted by molar-refractivity contribution is 5.88. The molecule has 2 fully saturated rings. The molecule has 3 unspecified atom stereocenters. The van der Waals surface area contributed by atoms with Gasteiger partial charge in [0.2, 0.25) is 0 Å². The number of fused-ring (bicyclic) bond motifs is 1. The predicted molar refractivity (Wildman–Crippen MR) is 169 cm³/mol. The van der Waals surface area contributed by atoms with Crippen molar-refractivity contribution >= 4 is 30.1 Å². The Morgan fingerprint density at radius 3 is 1.63 bits per heavy atom. The van der Waals surface area contributed by atoms with Crippen molar-refractivity contribution in [2.75, 3.05) is 13.2 Å². The third kappa shape index (κ3) is 11.5. The van der Waals surface area contributed by atoms with E-state index in [-0.39, 0.29) is 19.3 Å². The Morgan fingerprint density at radius 2 is 1.12 bits per heavy atom. The fraction of sp³-hybridized carbons (Fsp3) is 0.486. The Bertz CT molecular complexity index is 1150. The highest BCUT2D eigenvalue weighted by atomic mass is 16.6. The van der Waals surface area contributed by atoms with Crippen LogP contribution < -0.4 is 0 Å². The molecule has 2 aromatic carbocycles. The second-order valence-electron chi connectivity index (χ2n) is 12.3. The number of ether oxygens (including phenoxy) is 3. The van der Waals surface area contributed by atoms with Crippen molar-refractivity contribution < 1.29 is 28.6 Å². The van der Waals surface area contributed by atoms with Gasteiger partial charge in [0.25, 0.3) is 0 Å². The smallest absolute Gasteiger partial charge is 0.330 e. The van der Waals surface area contributed by atoms with E-state index in [2.05, 4.69) is 0 Å². The van der Waals surface area contributed by atoms with Gasteiger partial charge in [-0.3, -0.25) is 4.79 Å². The van der Waals surface area contributed by atoms with E-state index in [1.165, 1.54) is 44.3 Å². The van der Waals surface area contributed by atoms with Crippen LogP contribution in [0.5, 0.6) is 0 Å². The summed E-state index contributed by atoms with van der Waals surface area (Å²) in [5, 5.41) is 0. The minimum absolute atomic E-state index is 0.204. The highest BCUT2D eigenvalue weighted by Gasteiger charge is 2.40. The number of carbonyl (C=O) groups excluding carboxylic acids is 3. The summed E-state index contributed by atoms with van der Waals surface area (Å²) in [6.45, 7) is 1.09. The van der Waals surface area contributed by atoms with Gasteiger partial charge in [-0.2, -0.15) is 0 Å². The van der Waals surface area contributed by atoms with Crippen molar-refractivity contribution in [1.29, 1.82) is 0 Å². The van der Waals surface area contributed by atoms with Crippen LogP contribution in [0.3, 0.4) is 0 Å². The Labute approximate surface area is 256 Å². The topological polar surface area (TPSA) is 78.9 Å². The van der Waals surface area contributed by atoms with Crippen LogP contribution in [0.25, 0.3) is 12.2 Å². The summed E-state index contributed by atoms with van der Waals surface area (Å²) >= 11 is 0. The van der Waals surface area contributed by atoms with Crippen LogP contribution in [0.2, 0.25) is 0 Å². The fourth-order valence-electron chi connectivity index (χ4n) is 5.66. The van der Waals surface area contributed by atoms with Gasteiger partial charge in [0.15, 0.2) is 0 Å². The maximum atomic E-state index is 13.7. The first kappa shape index (κ1) is 32.2. The fourth-order valence-corrected chi connectivity index (χ4v) is 5.66. The van der Waals surface area contributed by atoms with Gasteiger partial charge in [-0.25, -0.2) is 9.59 Å². The van der Waals surface area contributed by atoms with Crippen molar-refractivity contribution in [2.45, 2.75) is 83.7 Å². The summed E-state index contributed by atoms with van der Waals surface area (Å²) in [5.41, 5.74) is 0.363. The molecule has 0 aromatic heterocycles. The molecule has 0 aliphatic heterocycles. The normalized spacial score (nSPS) is 21.6. The molecule has 6 heteroatoms. The van der Waals surface area contributed by atoms with Crippen LogP contribution in [0.15, 0.2) is 72.8 Å². The summed E-state index contributed by atoms with van der Waals surface area (Å²) in [6.07, 6.45) is 18.3. The van der Waals surface area contributed by atoms with E-state index in [9.17, 15) is 14.4 Å². The van der Waals surface area contributed by atoms with Crippen molar-refractivity contribution in [1.82, 2.24) is 0 Å². The standard InChI is InChI=1S/C37H46O6/c1-37(27-41-34(38)24-22-29-14-6-4-7-15-29,28-42-35(39)25-23-30-16-8-5-9-17-30)36(40)43-33-20-11-3-2-10-18-31-26-32(31)19-12-13-21-33/h4-9,14-17,22-25,31-33H,2-3,10-13,18-21,26-28H2,1H3/b24-22+,25-23+. The molecule has 0 radical (unpaired) electrons. The van der Waals surface area contributed by atoms with E-state index < -0.39 is 23.3 Å². The van der Waals surface area contributed by atoms with Crippen molar-refractivity contribution in [3.05, 3.63) is 83.9 Å². The number of carbonyl (C=O) groups is 3. The lowest BCUT2D eigenvalue weighted by atomic mass is 9.92. The first-order chi connectivity index (χ1) is 20.9. The van der Waals surface area contributed by atoms with E-state index in [0.717, 1.165) is 61.5 Å². The summed E-state index contributed by atoms with van der Waals surface area (Å²) in [5.74, 6) is 0.146. The molecule has 230 valence electrons. The monoisotopic (exact) mass is 586 g/mol. The third-order valence-electron chi connectivity index (χ3n) is 8.53. The van der Waals surface area contributed by atoms with Crippen molar-refractivity contribution in [2.24, 2.45) is 17.3 Å². The first-order valence-corrected chi connectivity index (χ1v) is 15.9. The van der Waals surface area contributed by atoms with Gasteiger partial charge in [0.05, 0.1) is 0 Å². The second kappa shape index (κ2) is 16.8. The van der Waals surface area contributed by atoms with Gasteiger partial charge in [-0.1, -0.05) is 99.2 Å². The largest absolute Gasteiger partial charge is 0.462 e. The van der Waals surface area contributed by atoms with E-state index in [0.29, 0.717) is 0 Å². The summed E-state index contributed by atoms with van der Waals surface area (Å²) in [7, 11) is 0. The van der Waals surface area contributed by atoms with Crippen LogP contribution in [-0.4, -0.2) is 37.2 Å². The lowest BCUT2D eigenvalue weighted by molar-refractivity contribution is -0.172. The van der Waals surface area contributed by atoms with Gasteiger partial charge < -0.3 is 14.2 Å². The number of benzene rings is 2. The molecule has 2 saturated carbocycles. The zero-order chi connectivity index (χ0) is 30.3. The summed E-state index contributed by atoms with van der Waals surface area (Å²) in [4.78, 5) is 38.8. The van der Waals surface area contributed by atoms with Crippen molar-refractivity contribution in [3.8, 4) is 0 Å². The van der Waals surface area contributed by atoms with Gasteiger partial charge in [0, 0.05) is 12.2 Å². The van der Waals surface area contributed by atoms with Gasteiger partial charge >= 0.3 is 17.9 Å². The molecule has 0 spiro atoms. The van der Waals surface area contributed by atoms with E-state index in [1.807, 2.05) is 60.7 Å². The van der Waals surface area contributed by atoms with Gasteiger partial charge in [-0.15, -0.1) is 0 Å². The van der Waals surface area contributed by atoms with E-state index in [1.54, 1.807) is 19.1 Å². The van der Waals surface area contributed by atoms with Gasteiger partial charge in [0.1, 0.15) is 24.7 Å². The molecule has 3 atom stereocenters. The summed E-state index contributed by atoms with van der Waals surface area (Å²) < 4.78 is 17.1. The molecule has 2 aromatic rings. The van der Waals surface area contributed by atoms with E-state index in [4.69, 9.17) is 14.2 Å². The molecule has 2 aliphatic carbocycles. The zero-order valence-electron chi connectivity index (χ0n) is 25.5. The predicted octanol–water partition coefficient (Wildman–Crippen LogP) is 7.97. The molecule has 2 aliphatic rings. The molecular weight excluding hydrogens is 540 g/mol. The van der Waals surface area contributed by atoms with Crippen LogP contribution >= 0.6 is 0 Å². The molecule has 43 heavy (non-hydrogen) atoms. The average Bonchev–Trinajstić information content (AvgIpc) is 3.78. The Morgan fingerprint density at radius 1 is 0.674 bits per heavy atom.